The number of halogens is 1. The summed E-state index contributed by atoms with van der Waals surface area (Å²) in [6.45, 7) is 4.48. The fourth-order valence-corrected chi connectivity index (χ4v) is 1.98. The van der Waals surface area contributed by atoms with Gasteiger partial charge >= 0.3 is 0 Å². The molecule has 0 heterocycles. The number of hydrogen-bond acceptors (Lipinski definition) is 1. The van der Waals surface area contributed by atoms with Crippen molar-refractivity contribution in [1.82, 2.24) is 4.90 Å². The molecule has 2 nitrogen and oxygen atoms in total. The highest BCUT2D eigenvalue weighted by Crippen LogP contribution is 2.28. The predicted molar refractivity (Wildman–Crippen MR) is 60.9 cm³/mol. The summed E-state index contributed by atoms with van der Waals surface area (Å²) >= 11 is 0. The van der Waals surface area contributed by atoms with Crippen molar-refractivity contribution in [3.8, 4) is 0 Å². The minimum atomic E-state index is -0.288. The van der Waals surface area contributed by atoms with E-state index in [0.29, 0.717) is 17.2 Å². The van der Waals surface area contributed by atoms with Gasteiger partial charge in [0.2, 0.25) is 0 Å². The molecule has 1 amide bonds. The van der Waals surface area contributed by atoms with Gasteiger partial charge in [-0.25, -0.2) is 4.39 Å². The fraction of sp³-hybridized carbons (Fsp3) is 0.462. The van der Waals surface area contributed by atoms with E-state index in [0.717, 1.165) is 19.4 Å². The third-order valence-electron chi connectivity index (χ3n) is 3.01. The first-order chi connectivity index (χ1) is 7.63. The highest BCUT2D eigenvalue weighted by Gasteiger charge is 2.32. The smallest absolute Gasteiger partial charge is 0.254 e. The van der Waals surface area contributed by atoms with Gasteiger partial charge < -0.3 is 4.90 Å². The average molecular weight is 221 g/mol. The molecule has 1 fully saturated rings. The summed E-state index contributed by atoms with van der Waals surface area (Å²) in [7, 11) is 0. The van der Waals surface area contributed by atoms with Crippen LogP contribution in [-0.2, 0) is 0 Å². The molecular formula is C13H16FNO. The molecule has 1 aliphatic carbocycles. The summed E-state index contributed by atoms with van der Waals surface area (Å²) < 4.78 is 12.9. The van der Waals surface area contributed by atoms with Crippen molar-refractivity contribution in [3.05, 3.63) is 35.1 Å². The van der Waals surface area contributed by atoms with Gasteiger partial charge in [0, 0.05) is 18.2 Å². The summed E-state index contributed by atoms with van der Waals surface area (Å²) in [5.74, 6) is -0.258. The van der Waals surface area contributed by atoms with E-state index in [9.17, 15) is 9.18 Å². The molecular weight excluding hydrogens is 205 g/mol. The maximum atomic E-state index is 12.9. The summed E-state index contributed by atoms with van der Waals surface area (Å²) in [5.41, 5.74) is 1.33. The Kier molecular flexibility index (Phi) is 2.95. The summed E-state index contributed by atoms with van der Waals surface area (Å²) in [5, 5.41) is 0. The molecule has 1 aromatic rings. The van der Waals surface area contributed by atoms with Gasteiger partial charge in [-0.1, -0.05) is 0 Å². The molecule has 1 saturated carbocycles. The van der Waals surface area contributed by atoms with Crippen molar-refractivity contribution in [2.45, 2.75) is 32.7 Å². The molecule has 0 N–H and O–H groups in total. The van der Waals surface area contributed by atoms with E-state index in [2.05, 4.69) is 0 Å². The molecule has 0 saturated heterocycles. The standard InChI is InChI=1S/C13H16FNO/c1-3-15(11-5-6-11)13(16)12-7-4-10(14)8-9(12)2/h4,7-8,11H,3,5-6H2,1-2H3. The van der Waals surface area contributed by atoms with E-state index < -0.39 is 0 Å². The number of carbonyl (C=O) groups is 1. The maximum Gasteiger partial charge on any atom is 0.254 e. The second-order valence-electron chi connectivity index (χ2n) is 4.28. The Balaban J connectivity index is 2.25. The van der Waals surface area contributed by atoms with Crippen molar-refractivity contribution >= 4 is 5.91 Å². The van der Waals surface area contributed by atoms with Crippen LogP contribution < -0.4 is 0 Å². The number of benzene rings is 1. The van der Waals surface area contributed by atoms with Gasteiger partial charge in [-0.2, -0.15) is 0 Å². The van der Waals surface area contributed by atoms with Crippen LogP contribution in [0.4, 0.5) is 4.39 Å². The van der Waals surface area contributed by atoms with Crippen molar-refractivity contribution in [2.24, 2.45) is 0 Å². The van der Waals surface area contributed by atoms with Crippen LogP contribution in [0.5, 0.6) is 0 Å². The molecule has 16 heavy (non-hydrogen) atoms. The monoisotopic (exact) mass is 221 g/mol. The summed E-state index contributed by atoms with van der Waals surface area (Å²) in [6.07, 6.45) is 2.19. The van der Waals surface area contributed by atoms with Gasteiger partial charge in [0.05, 0.1) is 0 Å². The molecule has 3 heteroatoms. The molecule has 1 aliphatic rings. The van der Waals surface area contributed by atoms with Gasteiger partial charge in [-0.05, 0) is 50.5 Å². The number of amides is 1. The van der Waals surface area contributed by atoms with Crippen LogP contribution in [0.25, 0.3) is 0 Å². The van der Waals surface area contributed by atoms with Gasteiger partial charge in [-0.15, -0.1) is 0 Å². The minimum Gasteiger partial charge on any atom is -0.336 e. The first-order valence-electron chi connectivity index (χ1n) is 5.70. The van der Waals surface area contributed by atoms with Crippen LogP contribution in [0.3, 0.4) is 0 Å². The quantitative estimate of drug-likeness (QED) is 0.768. The Labute approximate surface area is 95.1 Å². The normalized spacial score (nSPS) is 14.9. The lowest BCUT2D eigenvalue weighted by Crippen LogP contribution is -2.33. The Bertz CT molecular complexity index is 412. The molecule has 86 valence electrons. The highest BCUT2D eigenvalue weighted by atomic mass is 19.1. The van der Waals surface area contributed by atoms with Crippen LogP contribution in [0, 0.1) is 12.7 Å². The van der Waals surface area contributed by atoms with Crippen LogP contribution >= 0.6 is 0 Å². The van der Waals surface area contributed by atoms with Crippen molar-refractivity contribution in [3.63, 3.8) is 0 Å². The number of hydrogen-bond donors (Lipinski definition) is 0. The molecule has 0 unspecified atom stereocenters. The van der Waals surface area contributed by atoms with E-state index >= 15 is 0 Å². The van der Waals surface area contributed by atoms with E-state index in [4.69, 9.17) is 0 Å². The van der Waals surface area contributed by atoms with Crippen molar-refractivity contribution < 1.29 is 9.18 Å². The first kappa shape index (κ1) is 11.1. The molecule has 0 aromatic heterocycles. The van der Waals surface area contributed by atoms with E-state index in [-0.39, 0.29) is 11.7 Å². The molecule has 0 aliphatic heterocycles. The SMILES string of the molecule is CCN(C(=O)c1ccc(F)cc1C)C1CC1. The third-order valence-corrected chi connectivity index (χ3v) is 3.01. The average Bonchev–Trinajstić information content (AvgIpc) is 3.02. The third kappa shape index (κ3) is 2.08. The zero-order valence-corrected chi connectivity index (χ0v) is 9.66. The molecule has 0 spiro atoms. The number of rotatable bonds is 3. The van der Waals surface area contributed by atoms with Crippen LogP contribution in [-0.4, -0.2) is 23.4 Å². The van der Waals surface area contributed by atoms with Crippen molar-refractivity contribution in [2.75, 3.05) is 6.54 Å². The highest BCUT2D eigenvalue weighted by molar-refractivity contribution is 5.96. The predicted octanol–water partition coefficient (Wildman–Crippen LogP) is 2.76. The number of aryl methyl sites for hydroxylation is 1. The molecule has 2 rings (SSSR count). The van der Waals surface area contributed by atoms with Crippen LogP contribution in [0.15, 0.2) is 18.2 Å². The second-order valence-corrected chi connectivity index (χ2v) is 4.28. The van der Waals surface area contributed by atoms with E-state index in [1.807, 2.05) is 11.8 Å². The largest absolute Gasteiger partial charge is 0.336 e. The topological polar surface area (TPSA) is 20.3 Å². The zero-order valence-electron chi connectivity index (χ0n) is 9.66. The molecule has 0 bridgehead atoms. The Morgan fingerprint density at radius 2 is 2.19 bits per heavy atom. The Hall–Kier alpha value is -1.38. The Morgan fingerprint density at radius 1 is 1.50 bits per heavy atom. The maximum absolute atomic E-state index is 12.9. The Morgan fingerprint density at radius 3 is 2.69 bits per heavy atom. The first-order valence-corrected chi connectivity index (χ1v) is 5.70. The number of nitrogens with zero attached hydrogens (tertiary/aromatic N) is 1. The lowest BCUT2D eigenvalue weighted by Gasteiger charge is -2.21. The zero-order chi connectivity index (χ0) is 11.7. The molecule has 0 radical (unpaired) electrons. The van der Waals surface area contributed by atoms with Gasteiger partial charge in [0.25, 0.3) is 5.91 Å². The van der Waals surface area contributed by atoms with Gasteiger partial charge in [-0.3, -0.25) is 4.79 Å². The number of carbonyl (C=O) groups excluding carboxylic acids is 1. The van der Waals surface area contributed by atoms with Gasteiger partial charge in [0.1, 0.15) is 5.82 Å². The fourth-order valence-electron chi connectivity index (χ4n) is 1.98. The lowest BCUT2D eigenvalue weighted by molar-refractivity contribution is 0.0752. The summed E-state index contributed by atoms with van der Waals surface area (Å²) in [4.78, 5) is 14.1. The molecule has 0 atom stereocenters. The van der Waals surface area contributed by atoms with Gasteiger partial charge in [0.15, 0.2) is 0 Å². The van der Waals surface area contributed by atoms with Crippen molar-refractivity contribution in [1.29, 1.82) is 0 Å². The lowest BCUT2D eigenvalue weighted by atomic mass is 10.1. The molecule has 1 aromatic carbocycles. The van der Waals surface area contributed by atoms with E-state index in [1.165, 1.54) is 12.1 Å². The summed E-state index contributed by atoms with van der Waals surface area (Å²) in [6, 6.07) is 4.74. The van der Waals surface area contributed by atoms with Crippen LogP contribution in [0.1, 0.15) is 35.7 Å². The van der Waals surface area contributed by atoms with Crippen LogP contribution in [0.2, 0.25) is 0 Å². The second kappa shape index (κ2) is 4.24. The minimum absolute atomic E-state index is 0.0301. The van der Waals surface area contributed by atoms with E-state index in [1.54, 1.807) is 13.0 Å².